The average Bonchev–Trinajstić information content (AvgIpc) is 3.02. The van der Waals surface area contributed by atoms with E-state index in [0.717, 1.165) is 27.6 Å². The Hall–Kier alpha value is -3.54. The van der Waals surface area contributed by atoms with Crippen LogP contribution in [0.3, 0.4) is 0 Å². The summed E-state index contributed by atoms with van der Waals surface area (Å²) in [5.74, 6) is -0.735. The predicted molar refractivity (Wildman–Crippen MR) is 111 cm³/mol. The summed E-state index contributed by atoms with van der Waals surface area (Å²) in [6, 6.07) is 11.1. The van der Waals surface area contributed by atoms with Gasteiger partial charge in [-0.05, 0) is 54.0 Å². The summed E-state index contributed by atoms with van der Waals surface area (Å²) in [5, 5.41) is 10.2. The van der Waals surface area contributed by atoms with Crippen LogP contribution >= 0.6 is 0 Å². The van der Waals surface area contributed by atoms with E-state index in [2.05, 4.69) is 6.20 Å². The number of carboxylic acid groups (broad SMARTS) is 1. The Bertz CT molecular complexity index is 1120. The van der Waals surface area contributed by atoms with Crippen LogP contribution in [0.1, 0.15) is 34.0 Å². The molecule has 0 saturated carbocycles. The Balaban J connectivity index is 2.03. The lowest BCUT2D eigenvalue weighted by molar-refractivity contribution is -0.132. The average molecular weight is 393 g/mol. The van der Waals surface area contributed by atoms with Crippen molar-refractivity contribution in [2.24, 2.45) is 7.05 Å². The molecule has 0 amide bonds. The molecule has 0 unspecified atom stereocenters. The minimum absolute atomic E-state index is 0.280. The molecule has 2 aromatic carbocycles. The van der Waals surface area contributed by atoms with Gasteiger partial charge in [-0.25, -0.2) is 9.59 Å². The van der Waals surface area contributed by atoms with Crippen LogP contribution in [-0.2, 0) is 23.0 Å². The van der Waals surface area contributed by atoms with Gasteiger partial charge in [-0.1, -0.05) is 12.1 Å². The van der Waals surface area contributed by atoms with Crippen LogP contribution in [0.25, 0.3) is 17.0 Å². The van der Waals surface area contributed by atoms with Gasteiger partial charge >= 0.3 is 11.9 Å². The maximum absolute atomic E-state index is 11.8. The Labute approximate surface area is 169 Å². The Morgan fingerprint density at radius 1 is 1.10 bits per heavy atom. The molecule has 150 valence electrons. The standard InChI is InChI=1S/C23H23NO5/c1-14(22(25)26)9-15-5-8-20-19(10-15)18(13-24(20)2)11-16-6-7-17(23(27)29-4)12-21(16)28-3/h5-10,12-13H,11H2,1-4H3,(H,25,26)/b14-9+. The summed E-state index contributed by atoms with van der Waals surface area (Å²) < 4.78 is 12.3. The highest BCUT2D eigenvalue weighted by molar-refractivity contribution is 5.93. The fraction of sp³-hybridized carbons (Fsp3) is 0.217. The van der Waals surface area contributed by atoms with Gasteiger partial charge in [0.1, 0.15) is 5.75 Å². The number of rotatable bonds is 6. The largest absolute Gasteiger partial charge is 0.496 e. The van der Waals surface area contributed by atoms with Crippen LogP contribution in [0, 0.1) is 0 Å². The number of methoxy groups -OCH3 is 2. The third-order valence-corrected chi connectivity index (χ3v) is 4.91. The number of aromatic nitrogens is 1. The van der Waals surface area contributed by atoms with Crippen molar-refractivity contribution in [1.82, 2.24) is 4.57 Å². The highest BCUT2D eigenvalue weighted by atomic mass is 16.5. The lowest BCUT2D eigenvalue weighted by Gasteiger charge is -2.10. The van der Waals surface area contributed by atoms with Crippen molar-refractivity contribution in [3.63, 3.8) is 0 Å². The second kappa shape index (κ2) is 8.22. The van der Waals surface area contributed by atoms with E-state index in [0.29, 0.717) is 17.7 Å². The molecule has 3 rings (SSSR count). The molecular formula is C23H23NO5. The number of benzene rings is 2. The van der Waals surface area contributed by atoms with E-state index >= 15 is 0 Å². The Morgan fingerprint density at radius 3 is 2.52 bits per heavy atom. The monoisotopic (exact) mass is 393 g/mol. The lowest BCUT2D eigenvalue weighted by atomic mass is 10.0. The van der Waals surface area contributed by atoms with Crippen LogP contribution in [0.2, 0.25) is 0 Å². The van der Waals surface area contributed by atoms with Crippen molar-refractivity contribution in [2.45, 2.75) is 13.3 Å². The molecule has 0 aliphatic heterocycles. The van der Waals surface area contributed by atoms with Crippen molar-refractivity contribution in [3.05, 3.63) is 70.4 Å². The number of carbonyl (C=O) groups excluding carboxylic acids is 1. The van der Waals surface area contributed by atoms with Gasteiger partial charge in [0.25, 0.3) is 0 Å². The Kier molecular flexibility index (Phi) is 5.73. The SMILES string of the molecule is COC(=O)c1ccc(Cc2cn(C)c3ccc(/C=C(\C)C(=O)O)cc23)c(OC)c1. The summed E-state index contributed by atoms with van der Waals surface area (Å²) in [6.07, 6.45) is 4.31. The van der Waals surface area contributed by atoms with E-state index < -0.39 is 11.9 Å². The number of nitrogens with zero attached hydrogens (tertiary/aromatic N) is 1. The van der Waals surface area contributed by atoms with Gasteiger partial charge < -0.3 is 19.1 Å². The van der Waals surface area contributed by atoms with Crippen LogP contribution < -0.4 is 4.74 Å². The van der Waals surface area contributed by atoms with Crippen LogP contribution in [-0.4, -0.2) is 35.8 Å². The topological polar surface area (TPSA) is 77.8 Å². The number of carbonyl (C=O) groups is 2. The first-order chi connectivity index (χ1) is 13.8. The first-order valence-electron chi connectivity index (χ1n) is 9.08. The van der Waals surface area contributed by atoms with E-state index in [4.69, 9.17) is 14.6 Å². The van der Waals surface area contributed by atoms with Crippen molar-refractivity contribution < 1.29 is 24.2 Å². The fourth-order valence-electron chi connectivity index (χ4n) is 3.37. The van der Waals surface area contributed by atoms with Gasteiger partial charge in [0, 0.05) is 36.1 Å². The van der Waals surface area contributed by atoms with E-state index in [9.17, 15) is 9.59 Å². The highest BCUT2D eigenvalue weighted by Crippen LogP contribution is 2.29. The lowest BCUT2D eigenvalue weighted by Crippen LogP contribution is -2.03. The molecule has 0 aliphatic rings. The van der Waals surface area contributed by atoms with Crippen molar-refractivity contribution in [2.75, 3.05) is 14.2 Å². The fourth-order valence-corrected chi connectivity index (χ4v) is 3.37. The van der Waals surface area contributed by atoms with Crippen LogP contribution in [0.15, 0.2) is 48.2 Å². The maximum Gasteiger partial charge on any atom is 0.337 e. The van der Waals surface area contributed by atoms with E-state index in [1.807, 2.05) is 35.9 Å². The zero-order valence-electron chi connectivity index (χ0n) is 16.9. The molecule has 1 aromatic heterocycles. The number of carboxylic acids is 1. The van der Waals surface area contributed by atoms with Crippen molar-refractivity contribution in [1.29, 1.82) is 0 Å². The number of hydrogen-bond donors (Lipinski definition) is 1. The smallest absolute Gasteiger partial charge is 0.337 e. The third-order valence-electron chi connectivity index (χ3n) is 4.91. The molecule has 6 heteroatoms. The first-order valence-corrected chi connectivity index (χ1v) is 9.08. The molecule has 0 bridgehead atoms. The van der Waals surface area contributed by atoms with Gasteiger partial charge in [-0.2, -0.15) is 0 Å². The van der Waals surface area contributed by atoms with Crippen LogP contribution in [0.5, 0.6) is 5.75 Å². The number of hydrogen-bond acceptors (Lipinski definition) is 4. The second-order valence-corrected chi connectivity index (χ2v) is 6.87. The molecule has 1 N–H and O–H groups in total. The van der Waals surface area contributed by atoms with Gasteiger partial charge in [-0.15, -0.1) is 0 Å². The quantitative estimate of drug-likeness (QED) is 0.505. The van der Waals surface area contributed by atoms with E-state index in [-0.39, 0.29) is 5.57 Å². The first kappa shape index (κ1) is 20.2. The van der Waals surface area contributed by atoms with Gasteiger partial charge in [0.15, 0.2) is 0 Å². The molecule has 0 spiro atoms. The normalized spacial score (nSPS) is 11.5. The summed E-state index contributed by atoms with van der Waals surface area (Å²) in [5.41, 5.74) is 4.61. The van der Waals surface area contributed by atoms with Gasteiger partial charge in [0.2, 0.25) is 0 Å². The number of aryl methyl sites for hydroxylation is 1. The zero-order valence-corrected chi connectivity index (χ0v) is 16.9. The molecule has 1 heterocycles. The molecule has 29 heavy (non-hydrogen) atoms. The van der Waals surface area contributed by atoms with Gasteiger partial charge in [-0.3, -0.25) is 0 Å². The molecule has 0 aliphatic carbocycles. The summed E-state index contributed by atoms with van der Waals surface area (Å²) >= 11 is 0. The number of aliphatic carboxylic acids is 1. The molecular weight excluding hydrogens is 370 g/mol. The summed E-state index contributed by atoms with van der Waals surface area (Å²) in [7, 11) is 4.89. The summed E-state index contributed by atoms with van der Waals surface area (Å²) in [6.45, 7) is 1.58. The highest BCUT2D eigenvalue weighted by Gasteiger charge is 2.14. The number of esters is 1. The number of ether oxygens (including phenoxy) is 2. The maximum atomic E-state index is 11.8. The molecule has 0 atom stereocenters. The summed E-state index contributed by atoms with van der Waals surface area (Å²) in [4.78, 5) is 22.9. The molecule has 0 saturated heterocycles. The molecule has 0 fully saturated rings. The second-order valence-electron chi connectivity index (χ2n) is 6.87. The van der Waals surface area contributed by atoms with E-state index in [1.54, 1.807) is 32.2 Å². The van der Waals surface area contributed by atoms with Crippen molar-refractivity contribution in [3.8, 4) is 5.75 Å². The third kappa shape index (κ3) is 4.16. The minimum atomic E-state index is -0.936. The zero-order chi connectivity index (χ0) is 21.1. The van der Waals surface area contributed by atoms with Gasteiger partial charge in [0.05, 0.1) is 19.8 Å². The van der Waals surface area contributed by atoms with Crippen molar-refractivity contribution >= 4 is 28.9 Å². The number of fused-ring (bicyclic) bond motifs is 1. The molecule has 3 aromatic rings. The Morgan fingerprint density at radius 2 is 1.86 bits per heavy atom. The molecule has 0 radical (unpaired) electrons. The minimum Gasteiger partial charge on any atom is -0.496 e. The predicted octanol–water partition coefficient (Wildman–Crippen LogP) is 4.05. The molecule has 6 nitrogen and oxygen atoms in total. The van der Waals surface area contributed by atoms with E-state index in [1.165, 1.54) is 7.11 Å². The van der Waals surface area contributed by atoms with Crippen LogP contribution in [0.4, 0.5) is 0 Å².